The van der Waals surface area contributed by atoms with E-state index >= 15 is 0 Å². The molecule has 7 heteroatoms. The van der Waals surface area contributed by atoms with E-state index in [0.29, 0.717) is 16.9 Å². The Morgan fingerprint density at radius 2 is 1.88 bits per heavy atom. The maximum absolute atomic E-state index is 12.1. The highest BCUT2D eigenvalue weighted by Gasteiger charge is 2.17. The summed E-state index contributed by atoms with van der Waals surface area (Å²) in [5.74, 6) is -0.568. The zero-order valence-corrected chi connectivity index (χ0v) is 14.1. The van der Waals surface area contributed by atoms with Gasteiger partial charge in [-0.2, -0.15) is 5.26 Å². The lowest BCUT2D eigenvalue weighted by atomic mass is 10.1. The molecule has 24 heavy (non-hydrogen) atoms. The molecule has 2 aromatic rings. The van der Waals surface area contributed by atoms with Crippen LogP contribution in [0.2, 0.25) is 0 Å². The maximum Gasteiger partial charge on any atom is 0.264 e. The van der Waals surface area contributed by atoms with Crippen LogP contribution in [0.3, 0.4) is 0 Å². The van der Waals surface area contributed by atoms with Crippen LogP contribution in [-0.4, -0.2) is 21.4 Å². The number of carbonyl (C=O) groups is 1. The lowest BCUT2D eigenvalue weighted by molar-refractivity contribution is 0.0981. The van der Waals surface area contributed by atoms with Crippen LogP contribution in [0.5, 0.6) is 5.75 Å². The van der Waals surface area contributed by atoms with Crippen molar-refractivity contribution < 1.29 is 17.9 Å². The SMILES string of the molecule is COc1cc(C(=O)NS(=O)(=O)Cc2ccc(C#N)cc2)ccc1C. The van der Waals surface area contributed by atoms with E-state index in [2.05, 4.69) is 0 Å². The molecule has 1 amide bonds. The standard InChI is InChI=1S/C17H16N2O4S/c1-12-3-8-15(9-16(12)23-2)17(20)19-24(21,22)11-14-6-4-13(10-18)5-7-14/h3-9H,11H2,1-2H3,(H,19,20). The summed E-state index contributed by atoms with van der Waals surface area (Å²) in [7, 11) is -2.38. The Kier molecular flexibility index (Phi) is 5.21. The molecule has 0 unspecified atom stereocenters. The van der Waals surface area contributed by atoms with Crippen molar-refractivity contribution >= 4 is 15.9 Å². The first-order valence-corrected chi connectivity index (χ1v) is 8.68. The smallest absolute Gasteiger partial charge is 0.264 e. The molecule has 1 N–H and O–H groups in total. The van der Waals surface area contributed by atoms with Crippen LogP contribution < -0.4 is 9.46 Å². The second kappa shape index (κ2) is 7.15. The van der Waals surface area contributed by atoms with Gasteiger partial charge < -0.3 is 4.74 Å². The Balaban J connectivity index is 2.13. The topological polar surface area (TPSA) is 96.3 Å². The number of hydrogen-bond donors (Lipinski definition) is 1. The zero-order valence-electron chi connectivity index (χ0n) is 13.2. The largest absolute Gasteiger partial charge is 0.496 e. The van der Waals surface area contributed by atoms with Crippen molar-refractivity contribution in [2.45, 2.75) is 12.7 Å². The molecule has 0 aliphatic rings. The summed E-state index contributed by atoms with van der Waals surface area (Å²) < 4.78 is 31.4. The molecule has 0 atom stereocenters. The summed E-state index contributed by atoms with van der Waals surface area (Å²) >= 11 is 0. The quantitative estimate of drug-likeness (QED) is 0.896. The van der Waals surface area contributed by atoms with Gasteiger partial charge >= 0.3 is 0 Å². The summed E-state index contributed by atoms with van der Waals surface area (Å²) in [4.78, 5) is 12.1. The van der Waals surface area contributed by atoms with Crippen LogP contribution >= 0.6 is 0 Å². The first kappa shape index (κ1) is 17.5. The molecule has 0 fully saturated rings. The number of sulfonamides is 1. The van der Waals surface area contributed by atoms with Crippen LogP contribution in [0.4, 0.5) is 0 Å². The van der Waals surface area contributed by atoms with Crippen molar-refractivity contribution in [1.29, 1.82) is 5.26 Å². The van der Waals surface area contributed by atoms with Gasteiger partial charge in [-0.15, -0.1) is 0 Å². The van der Waals surface area contributed by atoms with Gasteiger partial charge in [-0.3, -0.25) is 4.79 Å². The van der Waals surface area contributed by atoms with Crippen LogP contribution in [0.15, 0.2) is 42.5 Å². The number of methoxy groups -OCH3 is 1. The predicted octanol–water partition coefficient (Wildman–Crippen LogP) is 2.14. The number of carbonyl (C=O) groups excluding carboxylic acids is 1. The van der Waals surface area contributed by atoms with Crippen molar-refractivity contribution in [2.24, 2.45) is 0 Å². The number of hydrogen-bond acceptors (Lipinski definition) is 5. The summed E-state index contributed by atoms with van der Waals surface area (Å²) in [6, 6.07) is 12.8. The Morgan fingerprint density at radius 1 is 1.21 bits per heavy atom. The summed E-state index contributed by atoms with van der Waals surface area (Å²) in [5.41, 5.74) is 1.96. The number of nitrogens with zero attached hydrogens (tertiary/aromatic N) is 1. The van der Waals surface area contributed by atoms with Crippen molar-refractivity contribution in [3.8, 4) is 11.8 Å². The van der Waals surface area contributed by atoms with E-state index < -0.39 is 15.9 Å². The van der Waals surface area contributed by atoms with Gasteiger partial charge in [0.05, 0.1) is 24.5 Å². The van der Waals surface area contributed by atoms with Crippen LogP contribution in [0.1, 0.15) is 27.0 Å². The molecule has 0 saturated carbocycles. The van der Waals surface area contributed by atoms with Crippen LogP contribution in [0.25, 0.3) is 0 Å². The lowest BCUT2D eigenvalue weighted by Gasteiger charge is -2.09. The van der Waals surface area contributed by atoms with E-state index in [9.17, 15) is 13.2 Å². The minimum atomic E-state index is -3.85. The Morgan fingerprint density at radius 3 is 2.46 bits per heavy atom. The first-order chi connectivity index (χ1) is 11.3. The number of aryl methyl sites for hydroxylation is 1. The van der Waals surface area contributed by atoms with Crippen molar-refractivity contribution in [1.82, 2.24) is 4.72 Å². The molecular formula is C17H16N2O4S. The minimum Gasteiger partial charge on any atom is -0.496 e. The van der Waals surface area contributed by atoms with Gasteiger partial charge in [-0.25, -0.2) is 13.1 Å². The van der Waals surface area contributed by atoms with Gasteiger partial charge in [0.2, 0.25) is 10.0 Å². The van der Waals surface area contributed by atoms with Gasteiger partial charge in [-0.1, -0.05) is 18.2 Å². The number of ether oxygens (including phenoxy) is 1. The monoisotopic (exact) mass is 344 g/mol. The van der Waals surface area contributed by atoms with E-state index in [1.807, 2.05) is 17.7 Å². The van der Waals surface area contributed by atoms with Crippen LogP contribution in [0, 0.1) is 18.3 Å². The highest BCUT2D eigenvalue weighted by atomic mass is 32.2. The molecule has 0 bridgehead atoms. The third-order valence-electron chi connectivity index (χ3n) is 3.36. The van der Waals surface area contributed by atoms with Gasteiger partial charge in [-0.05, 0) is 42.3 Å². The maximum atomic E-state index is 12.1. The second-order valence-corrected chi connectivity index (χ2v) is 6.91. The minimum absolute atomic E-state index is 0.195. The highest BCUT2D eigenvalue weighted by molar-refractivity contribution is 7.89. The van der Waals surface area contributed by atoms with Gasteiger partial charge in [0, 0.05) is 5.56 Å². The van der Waals surface area contributed by atoms with Gasteiger partial charge in [0.25, 0.3) is 5.91 Å². The lowest BCUT2D eigenvalue weighted by Crippen LogP contribution is -2.31. The van der Waals surface area contributed by atoms with E-state index in [-0.39, 0.29) is 11.3 Å². The highest BCUT2D eigenvalue weighted by Crippen LogP contribution is 2.19. The fraction of sp³-hybridized carbons (Fsp3) is 0.176. The molecule has 0 saturated heterocycles. The van der Waals surface area contributed by atoms with E-state index in [4.69, 9.17) is 10.00 Å². The molecule has 0 spiro atoms. The number of amides is 1. The second-order valence-electron chi connectivity index (χ2n) is 5.18. The zero-order chi connectivity index (χ0) is 17.7. The molecule has 0 aliphatic heterocycles. The molecule has 6 nitrogen and oxygen atoms in total. The molecule has 0 aliphatic carbocycles. The van der Waals surface area contributed by atoms with E-state index in [1.54, 1.807) is 6.07 Å². The molecule has 124 valence electrons. The number of benzene rings is 2. The molecule has 2 rings (SSSR count). The summed E-state index contributed by atoms with van der Waals surface area (Å²) in [5, 5.41) is 8.73. The number of rotatable bonds is 5. The Hall–Kier alpha value is -2.85. The van der Waals surface area contributed by atoms with Gasteiger partial charge in [0.1, 0.15) is 5.75 Å². The summed E-state index contributed by atoms with van der Waals surface area (Å²) in [6.45, 7) is 1.82. The fourth-order valence-electron chi connectivity index (χ4n) is 2.09. The van der Waals surface area contributed by atoms with E-state index in [1.165, 1.54) is 43.5 Å². The molecular weight excluding hydrogens is 328 g/mol. The normalized spacial score (nSPS) is 10.7. The third kappa shape index (κ3) is 4.33. The van der Waals surface area contributed by atoms with Crippen molar-refractivity contribution in [3.05, 3.63) is 64.7 Å². The molecule has 2 aromatic carbocycles. The number of nitrogens with one attached hydrogen (secondary N) is 1. The van der Waals surface area contributed by atoms with Gasteiger partial charge in [0.15, 0.2) is 0 Å². The van der Waals surface area contributed by atoms with Crippen molar-refractivity contribution in [2.75, 3.05) is 7.11 Å². The number of nitriles is 1. The van der Waals surface area contributed by atoms with Crippen LogP contribution in [-0.2, 0) is 15.8 Å². The molecule has 0 aromatic heterocycles. The average molecular weight is 344 g/mol. The first-order valence-electron chi connectivity index (χ1n) is 7.03. The van der Waals surface area contributed by atoms with Crippen molar-refractivity contribution in [3.63, 3.8) is 0 Å². The molecule has 0 radical (unpaired) electrons. The third-order valence-corrected chi connectivity index (χ3v) is 4.57. The average Bonchev–Trinajstić information content (AvgIpc) is 2.55. The summed E-state index contributed by atoms with van der Waals surface area (Å²) in [6.07, 6.45) is 0. The molecule has 0 heterocycles. The Bertz CT molecular complexity index is 897. The predicted molar refractivity (Wildman–Crippen MR) is 89.0 cm³/mol. The Labute approximate surface area is 140 Å². The van der Waals surface area contributed by atoms with E-state index in [0.717, 1.165) is 5.56 Å². The fourth-order valence-corrected chi connectivity index (χ4v) is 3.20.